The Morgan fingerprint density at radius 1 is 1.10 bits per heavy atom. The smallest absolute Gasteiger partial charge is 0.372 e. The van der Waals surface area contributed by atoms with Gasteiger partial charge in [-0.05, 0) is 42.3 Å². The highest BCUT2D eigenvalue weighted by molar-refractivity contribution is 7.92. The number of nitrogens with zero attached hydrogens (tertiary/aromatic N) is 3. The summed E-state index contributed by atoms with van der Waals surface area (Å²) in [5, 5.41) is 3.38. The minimum atomic E-state index is -4.81. The number of rotatable bonds is 4. The molecule has 0 aliphatic carbocycles. The standard InChI is InChI=1S/C19H16F4N4O2S/c1-26-8-7-12-9-13(10-15(20)18(12)26)16-11-17(19(21,22)23)24-27(16)25-30(28,29)14-5-3-2-4-6-14/h2-6,9-11,25H,7-8H2,1H3. The molecule has 158 valence electrons. The van der Waals surface area contributed by atoms with Crippen LogP contribution in [0.25, 0.3) is 11.3 Å². The maximum Gasteiger partial charge on any atom is 0.435 e. The predicted molar refractivity (Wildman–Crippen MR) is 103 cm³/mol. The van der Waals surface area contributed by atoms with Gasteiger partial charge in [-0.25, -0.2) is 4.39 Å². The Kier molecular flexibility index (Phi) is 4.72. The van der Waals surface area contributed by atoms with Gasteiger partial charge in [0.05, 0.1) is 16.3 Å². The van der Waals surface area contributed by atoms with Crippen molar-refractivity contribution in [2.45, 2.75) is 17.5 Å². The van der Waals surface area contributed by atoms with Crippen molar-refractivity contribution in [2.24, 2.45) is 0 Å². The molecule has 0 amide bonds. The van der Waals surface area contributed by atoms with Crippen molar-refractivity contribution in [3.8, 4) is 11.3 Å². The van der Waals surface area contributed by atoms with Crippen LogP contribution in [-0.4, -0.2) is 31.9 Å². The van der Waals surface area contributed by atoms with E-state index in [1.165, 1.54) is 24.3 Å². The fourth-order valence-electron chi connectivity index (χ4n) is 3.38. The van der Waals surface area contributed by atoms with E-state index in [2.05, 4.69) is 5.10 Å². The molecule has 0 spiro atoms. The lowest BCUT2D eigenvalue weighted by atomic mass is 10.1. The first-order valence-electron chi connectivity index (χ1n) is 8.85. The summed E-state index contributed by atoms with van der Waals surface area (Å²) in [6.07, 6.45) is -4.29. The maximum absolute atomic E-state index is 14.6. The van der Waals surface area contributed by atoms with Crippen LogP contribution in [-0.2, 0) is 22.6 Å². The van der Waals surface area contributed by atoms with Crippen molar-refractivity contribution < 1.29 is 26.0 Å². The summed E-state index contributed by atoms with van der Waals surface area (Å²) in [5.41, 5.74) is -0.435. The molecule has 0 fully saturated rings. The number of anilines is 1. The number of aromatic nitrogens is 2. The van der Waals surface area contributed by atoms with E-state index in [0.29, 0.717) is 35.1 Å². The van der Waals surface area contributed by atoms with Crippen molar-refractivity contribution in [1.82, 2.24) is 9.89 Å². The fraction of sp³-hybridized carbons (Fsp3) is 0.211. The molecular weight excluding hydrogens is 424 g/mol. The molecule has 2 aromatic carbocycles. The van der Waals surface area contributed by atoms with E-state index >= 15 is 0 Å². The zero-order valence-electron chi connectivity index (χ0n) is 15.6. The van der Waals surface area contributed by atoms with E-state index in [-0.39, 0.29) is 16.2 Å². The minimum absolute atomic E-state index is 0.0836. The summed E-state index contributed by atoms with van der Waals surface area (Å²) in [6.45, 7) is 0.573. The quantitative estimate of drug-likeness (QED) is 0.630. The number of fused-ring (bicyclic) bond motifs is 1. The summed E-state index contributed by atoms with van der Waals surface area (Å²) < 4.78 is 79.7. The SMILES string of the molecule is CN1CCc2cc(-c3cc(C(F)(F)F)nn3NS(=O)(=O)c3ccccc3)cc(F)c21. The van der Waals surface area contributed by atoms with E-state index in [0.717, 1.165) is 6.07 Å². The number of hydrogen-bond donors (Lipinski definition) is 1. The average Bonchev–Trinajstić information content (AvgIpc) is 3.26. The molecule has 30 heavy (non-hydrogen) atoms. The summed E-state index contributed by atoms with van der Waals surface area (Å²) in [4.78, 5) is 4.12. The van der Waals surface area contributed by atoms with E-state index in [9.17, 15) is 26.0 Å². The third-order valence-corrected chi connectivity index (χ3v) is 6.10. The van der Waals surface area contributed by atoms with Crippen LogP contribution in [0.5, 0.6) is 0 Å². The molecule has 3 aromatic rings. The molecule has 1 N–H and O–H groups in total. The third kappa shape index (κ3) is 3.60. The zero-order chi connectivity index (χ0) is 21.7. The number of sulfonamides is 1. The number of nitrogens with one attached hydrogen (secondary N) is 1. The fourth-order valence-corrected chi connectivity index (χ4v) is 4.37. The molecule has 2 heterocycles. The molecule has 1 aliphatic rings. The molecule has 0 atom stereocenters. The lowest BCUT2D eigenvalue weighted by Gasteiger charge is -2.15. The Labute approximate surface area is 169 Å². The molecule has 4 rings (SSSR count). The van der Waals surface area contributed by atoms with Gasteiger partial charge in [-0.3, -0.25) is 0 Å². The predicted octanol–water partition coefficient (Wildman–Crippen LogP) is 3.63. The number of halogens is 4. The van der Waals surface area contributed by atoms with Gasteiger partial charge in [-0.2, -0.15) is 31.2 Å². The lowest BCUT2D eigenvalue weighted by molar-refractivity contribution is -0.141. The van der Waals surface area contributed by atoms with Gasteiger partial charge in [-0.15, -0.1) is 5.10 Å². The number of likely N-dealkylation sites (N-methyl/N-ethyl adjacent to an activating group) is 1. The molecule has 0 saturated heterocycles. The van der Waals surface area contributed by atoms with Gasteiger partial charge >= 0.3 is 6.18 Å². The Morgan fingerprint density at radius 3 is 2.47 bits per heavy atom. The van der Waals surface area contributed by atoms with Crippen LogP contribution in [0.2, 0.25) is 0 Å². The molecule has 6 nitrogen and oxygen atoms in total. The van der Waals surface area contributed by atoms with Crippen molar-refractivity contribution in [3.05, 3.63) is 65.6 Å². The van der Waals surface area contributed by atoms with Crippen LogP contribution in [0.4, 0.5) is 23.2 Å². The van der Waals surface area contributed by atoms with Crippen LogP contribution in [0.1, 0.15) is 11.3 Å². The van der Waals surface area contributed by atoms with Crippen molar-refractivity contribution >= 4 is 15.7 Å². The lowest BCUT2D eigenvalue weighted by Crippen LogP contribution is -2.25. The summed E-state index contributed by atoms with van der Waals surface area (Å²) >= 11 is 0. The van der Waals surface area contributed by atoms with Gasteiger partial charge in [0.15, 0.2) is 5.69 Å². The molecule has 0 saturated carbocycles. The molecule has 1 aliphatic heterocycles. The first kappa shape index (κ1) is 20.2. The molecule has 0 unspecified atom stereocenters. The topological polar surface area (TPSA) is 67.2 Å². The van der Waals surface area contributed by atoms with E-state index < -0.39 is 27.7 Å². The number of benzene rings is 2. The highest BCUT2D eigenvalue weighted by atomic mass is 32.2. The van der Waals surface area contributed by atoms with Crippen LogP contribution in [0.3, 0.4) is 0 Å². The summed E-state index contributed by atoms with van der Waals surface area (Å²) in [6, 6.07) is 10.5. The second-order valence-electron chi connectivity index (χ2n) is 6.87. The Balaban J connectivity index is 1.83. The average molecular weight is 440 g/mol. The molecular formula is C19H16F4N4O2S. The van der Waals surface area contributed by atoms with Gasteiger partial charge in [0.25, 0.3) is 10.0 Å². The largest absolute Gasteiger partial charge is 0.435 e. The van der Waals surface area contributed by atoms with Crippen molar-refractivity contribution in [3.63, 3.8) is 0 Å². The van der Waals surface area contributed by atoms with E-state index in [4.69, 9.17) is 0 Å². The van der Waals surface area contributed by atoms with E-state index in [1.54, 1.807) is 24.1 Å². The second-order valence-corrected chi connectivity index (χ2v) is 8.53. The molecule has 0 radical (unpaired) electrons. The van der Waals surface area contributed by atoms with Gasteiger partial charge in [0.2, 0.25) is 0 Å². The normalized spacial score (nSPS) is 14.1. The van der Waals surface area contributed by atoms with Crippen LogP contribution in [0, 0.1) is 5.82 Å². The Bertz CT molecular complexity index is 1210. The molecule has 11 heteroatoms. The Hall–Kier alpha value is -3.08. The highest BCUT2D eigenvalue weighted by Crippen LogP contribution is 2.36. The minimum Gasteiger partial charge on any atom is -0.372 e. The van der Waals surface area contributed by atoms with E-state index in [1.807, 2.05) is 4.83 Å². The third-order valence-electron chi connectivity index (χ3n) is 4.80. The molecule has 1 aromatic heterocycles. The van der Waals surface area contributed by atoms with Gasteiger partial charge in [0, 0.05) is 19.2 Å². The zero-order valence-corrected chi connectivity index (χ0v) is 16.4. The number of hydrogen-bond acceptors (Lipinski definition) is 4. The van der Waals surface area contributed by atoms with Crippen LogP contribution in [0.15, 0.2) is 53.4 Å². The van der Waals surface area contributed by atoms with Crippen LogP contribution < -0.4 is 9.73 Å². The van der Waals surface area contributed by atoms with Gasteiger partial charge in [-0.1, -0.05) is 18.2 Å². The first-order chi connectivity index (χ1) is 14.1. The van der Waals surface area contributed by atoms with Crippen molar-refractivity contribution in [2.75, 3.05) is 23.3 Å². The first-order valence-corrected chi connectivity index (χ1v) is 10.3. The summed E-state index contributed by atoms with van der Waals surface area (Å²) in [7, 11) is -2.51. The van der Waals surface area contributed by atoms with Gasteiger partial charge in [0.1, 0.15) is 5.82 Å². The van der Waals surface area contributed by atoms with Gasteiger partial charge < -0.3 is 4.90 Å². The summed E-state index contributed by atoms with van der Waals surface area (Å²) in [5.74, 6) is -0.602. The van der Waals surface area contributed by atoms with Crippen LogP contribution >= 0.6 is 0 Å². The second kappa shape index (κ2) is 7.01. The Morgan fingerprint density at radius 2 is 1.80 bits per heavy atom. The number of alkyl halides is 3. The monoisotopic (exact) mass is 440 g/mol. The molecule has 0 bridgehead atoms. The highest BCUT2D eigenvalue weighted by Gasteiger charge is 2.36. The maximum atomic E-state index is 14.6. The van der Waals surface area contributed by atoms with Crippen molar-refractivity contribution in [1.29, 1.82) is 0 Å².